The highest BCUT2D eigenvalue weighted by atomic mass is 19.2. The fraction of sp³-hybridized carbons (Fsp3) is 0.300. The monoisotopic (exact) mass is 366 g/mol. The van der Waals surface area contributed by atoms with Gasteiger partial charge in [-0.2, -0.15) is 4.39 Å². The Hall–Kier alpha value is -2.50. The van der Waals surface area contributed by atoms with E-state index in [1.165, 1.54) is 30.5 Å². The van der Waals surface area contributed by atoms with Gasteiger partial charge in [0.1, 0.15) is 6.10 Å². The molecule has 0 bridgehead atoms. The van der Waals surface area contributed by atoms with Crippen molar-refractivity contribution in [2.24, 2.45) is 0 Å². The Balaban J connectivity index is 2.00. The van der Waals surface area contributed by atoms with Crippen molar-refractivity contribution >= 4 is 0 Å². The van der Waals surface area contributed by atoms with E-state index in [1.807, 2.05) is 6.92 Å². The van der Waals surface area contributed by atoms with Gasteiger partial charge in [-0.25, -0.2) is 13.2 Å². The molecule has 2 aromatic carbocycles. The van der Waals surface area contributed by atoms with Crippen LogP contribution in [0.1, 0.15) is 38.4 Å². The third-order valence-corrected chi connectivity index (χ3v) is 4.33. The van der Waals surface area contributed by atoms with Crippen LogP contribution in [0.5, 0.6) is 5.75 Å². The van der Waals surface area contributed by atoms with Gasteiger partial charge in [-0.15, -0.1) is 0 Å². The molecular weight excluding hydrogens is 348 g/mol. The first-order chi connectivity index (χ1) is 12.4. The molecule has 138 valence electrons. The van der Waals surface area contributed by atoms with Gasteiger partial charge in [0.2, 0.25) is 5.82 Å². The summed E-state index contributed by atoms with van der Waals surface area (Å²) >= 11 is 0. The number of hydrogen-bond donors (Lipinski definition) is 0. The number of benzene rings is 2. The number of ether oxygens (including phenoxy) is 2. The zero-order chi connectivity index (χ0) is 18.8. The molecular formula is C20H18F4O2. The number of hydrogen-bond acceptors (Lipinski definition) is 2. The normalized spacial score (nSPS) is 16.8. The molecule has 2 aromatic rings. The highest BCUT2D eigenvalue weighted by Crippen LogP contribution is 2.37. The predicted molar refractivity (Wildman–Crippen MR) is 89.7 cm³/mol. The molecule has 1 aliphatic rings. The van der Waals surface area contributed by atoms with E-state index in [0.717, 1.165) is 5.57 Å². The third-order valence-electron chi connectivity index (χ3n) is 4.33. The number of rotatable bonds is 4. The summed E-state index contributed by atoms with van der Waals surface area (Å²) in [5, 5.41) is 0. The highest BCUT2D eigenvalue weighted by Gasteiger charge is 2.25. The topological polar surface area (TPSA) is 18.5 Å². The Bertz CT molecular complexity index is 861. The second-order valence-corrected chi connectivity index (χ2v) is 6.13. The van der Waals surface area contributed by atoms with Crippen molar-refractivity contribution in [1.82, 2.24) is 0 Å². The van der Waals surface area contributed by atoms with Crippen LogP contribution in [0.25, 0.3) is 11.1 Å². The van der Waals surface area contributed by atoms with Crippen molar-refractivity contribution in [3.05, 3.63) is 64.9 Å². The molecule has 0 saturated carbocycles. The summed E-state index contributed by atoms with van der Waals surface area (Å²) in [6.07, 6.45) is 2.15. The Morgan fingerprint density at radius 2 is 1.62 bits per heavy atom. The molecule has 0 radical (unpaired) electrons. The lowest BCUT2D eigenvalue weighted by atomic mass is 9.96. The van der Waals surface area contributed by atoms with E-state index in [4.69, 9.17) is 9.47 Å². The molecule has 6 heteroatoms. The summed E-state index contributed by atoms with van der Waals surface area (Å²) in [6, 6.07) is 4.95. The minimum Gasteiger partial charge on any atom is -0.493 e. The quantitative estimate of drug-likeness (QED) is 0.612. The molecule has 0 aliphatic carbocycles. The standard InChI is InChI=1S/C20H18F4O2/c1-3-25-16-9-7-13(18(22)20(16)24)12-5-6-14(19(23)17(12)21)15-8-4-11(2)10-26-15/h5-7,9-10,15H,3-4,8H2,1-2H3. The van der Waals surface area contributed by atoms with Gasteiger partial charge in [-0.1, -0.05) is 12.1 Å². The molecule has 26 heavy (non-hydrogen) atoms. The first-order valence-electron chi connectivity index (χ1n) is 8.34. The SMILES string of the molecule is CCOc1ccc(-c2ccc(C3CCC(C)=CO3)c(F)c2F)c(F)c1F. The smallest absolute Gasteiger partial charge is 0.201 e. The summed E-state index contributed by atoms with van der Waals surface area (Å²) in [5.74, 6) is -5.14. The Morgan fingerprint density at radius 1 is 0.962 bits per heavy atom. The van der Waals surface area contributed by atoms with Crippen LogP contribution >= 0.6 is 0 Å². The van der Waals surface area contributed by atoms with Crippen LogP contribution in [0, 0.1) is 23.3 Å². The lowest BCUT2D eigenvalue weighted by Crippen LogP contribution is -2.10. The summed E-state index contributed by atoms with van der Waals surface area (Å²) < 4.78 is 67.8. The Labute approximate surface area is 149 Å². The van der Waals surface area contributed by atoms with Crippen molar-refractivity contribution < 1.29 is 27.0 Å². The molecule has 1 aliphatic heterocycles. The fourth-order valence-electron chi connectivity index (χ4n) is 2.94. The van der Waals surface area contributed by atoms with Gasteiger partial charge in [-0.3, -0.25) is 0 Å². The zero-order valence-corrected chi connectivity index (χ0v) is 14.4. The average Bonchev–Trinajstić information content (AvgIpc) is 2.63. The van der Waals surface area contributed by atoms with Gasteiger partial charge in [-0.05, 0) is 44.4 Å². The molecule has 0 amide bonds. The summed E-state index contributed by atoms with van der Waals surface area (Å²) in [6.45, 7) is 3.67. The second kappa shape index (κ2) is 7.40. The molecule has 1 heterocycles. The summed E-state index contributed by atoms with van der Waals surface area (Å²) in [5.41, 5.74) is 0.356. The lowest BCUT2D eigenvalue weighted by Gasteiger charge is -2.23. The molecule has 1 unspecified atom stereocenters. The molecule has 0 aromatic heterocycles. The van der Waals surface area contributed by atoms with Crippen molar-refractivity contribution in [1.29, 1.82) is 0 Å². The van der Waals surface area contributed by atoms with Crippen molar-refractivity contribution in [2.75, 3.05) is 6.61 Å². The van der Waals surface area contributed by atoms with Gasteiger partial charge < -0.3 is 9.47 Å². The van der Waals surface area contributed by atoms with Crippen LogP contribution < -0.4 is 4.74 Å². The Morgan fingerprint density at radius 3 is 2.23 bits per heavy atom. The van der Waals surface area contributed by atoms with Crippen molar-refractivity contribution in [2.45, 2.75) is 32.8 Å². The first kappa shape index (κ1) is 18.3. The van der Waals surface area contributed by atoms with Crippen LogP contribution in [0.2, 0.25) is 0 Å². The maximum Gasteiger partial charge on any atom is 0.201 e. The average molecular weight is 366 g/mol. The maximum atomic E-state index is 14.6. The van der Waals surface area contributed by atoms with E-state index < -0.39 is 29.4 Å². The van der Waals surface area contributed by atoms with Crippen molar-refractivity contribution in [3.63, 3.8) is 0 Å². The molecule has 0 N–H and O–H groups in total. The number of allylic oxidation sites excluding steroid dienone is 1. The van der Waals surface area contributed by atoms with Crippen LogP contribution in [-0.4, -0.2) is 6.61 Å². The van der Waals surface area contributed by atoms with Gasteiger partial charge in [0, 0.05) is 16.7 Å². The third kappa shape index (κ3) is 3.28. The van der Waals surface area contributed by atoms with Gasteiger partial charge in [0.05, 0.1) is 12.9 Å². The first-order valence-corrected chi connectivity index (χ1v) is 8.34. The van der Waals surface area contributed by atoms with E-state index in [9.17, 15) is 17.6 Å². The minimum atomic E-state index is -1.28. The van der Waals surface area contributed by atoms with E-state index in [0.29, 0.717) is 12.8 Å². The maximum absolute atomic E-state index is 14.6. The van der Waals surface area contributed by atoms with E-state index in [2.05, 4.69) is 0 Å². The number of halogens is 4. The van der Waals surface area contributed by atoms with Crippen LogP contribution in [0.4, 0.5) is 17.6 Å². The van der Waals surface area contributed by atoms with E-state index in [-0.39, 0.29) is 29.0 Å². The van der Waals surface area contributed by atoms with Crippen LogP contribution in [0.3, 0.4) is 0 Å². The lowest BCUT2D eigenvalue weighted by molar-refractivity contribution is 0.116. The highest BCUT2D eigenvalue weighted by molar-refractivity contribution is 5.66. The van der Waals surface area contributed by atoms with Crippen LogP contribution in [0.15, 0.2) is 36.1 Å². The molecule has 2 nitrogen and oxygen atoms in total. The van der Waals surface area contributed by atoms with Crippen LogP contribution in [-0.2, 0) is 4.74 Å². The second-order valence-electron chi connectivity index (χ2n) is 6.13. The molecule has 0 spiro atoms. The molecule has 1 atom stereocenters. The molecule has 3 rings (SSSR count). The van der Waals surface area contributed by atoms with E-state index >= 15 is 0 Å². The van der Waals surface area contributed by atoms with Gasteiger partial charge >= 0.3 is 0 Å². The Kier molecular flexibility index (Phi) is 5.20. The largest absolute Gasteiger partial charge is 0.493 e. The van der Waals surface area contributed by atoms with Gasteiger partial charge in [0.25, 0.3) is 0 Å². The minimum absolute atomic E-state index is 0.0572. The summed E-state index contributed by atoms with van der Waals surface area (Å²) in [4.78, 5) is 0. The van der Waals surface area contributed by atoms with Gasteiger partial charge in [0.15, 0.2) is 23.2 Å². The molecule has 0 saturated heterocycles. The summed E-state index contributed by atoms with van der Waals surface area (Å²) in [7, 11) is 0. The van der Waals surface area contributed by atoms with Crippen molar-refractivity contribution in [3.8, 4) is 16.9 Å². The van der Waals surface area contributed by atoms with E-state index in [1.54, 1.807) is 6.92 Å². The molecule has 0 fully saturated rings. The predicted octanol–water partition coefficient (Wildman–Crippen LogP) is 6.06. The zero-order valence-electron chi connectivity index (χ0n) is 14.4. The fourth-order valence-corrected chi connectivity index (χ4v) is 2.94.